The van der Waals surface area contributed by atoms with Crippen LogP contribution in [-0.2, 0) is 0 Å². The number of alkyl halides is 2. The van der Waals surface area contributed by atoms with E-state index in [4.69, 9.17) is 23.2 Å². The molecule has 0 N–H and O–H groups in total. The fourth-order valence-electron chi connectivity index (χ4n) is 1.47. The van der Waals surface area contributed by atoms with Crippen LogP contribution in [0.5, 0.6) is 0 Å². The van der Waals surface area contributed by atoms with Crippen LogP contribution in [0.1, 0.15) is 25.0 Å². The predicted molar refractivity (Wildman–Crippen MR) is 75.1 cm³/mol. The molecule has 0 heterocycles. The second-order valence-corrected chi connectivity index (χ2v) is 5.14. The smallest absolute Gasteiger partial charge is 0.0557 e. The molecule has 2 unspecified atom stereocenters. The first-order chi connectivity index (χ1) is 7.45. The van der Waals surface area contributed by atoms with Crippen LogP contribution in [0.2, 0.25) is 0 Å². The quantitative estimate of drug-likeness (QED) is 0.666. The number of benzene rings is 1. The standard InChI is InChI=1S/C14H16Cl2/c1-9(11(3)15)13-7-5-6-8-14(13)10(2)12(4)16/h5-8,11-12H,1-2H2,3-4H3. The van der Waals surface area contributed by atoms with E-state index in [1.165, 1.54) is 0 Å². The van der Waals surface area contributed by atoms with Crippen LogP contribution in [0.15, 0.2) is 37.4 Å². The van der Waals surface area contributed by atoms with Crippen molar-refractivity contribution in [2.24, 2.45) is 0 Å². The molecule has 0 nitrogen and oxygen atoms in total. The van der Waals surface area contributed by atoms with Crippen molar-refractivity contribution in [3.8, 4) is 0 Å². The van der Waals surface area contributed by atoms with Gasteiger partial charge in [0.15, 0.2) is 0 Å². The summed E-state index contributed by atoms with van der Waals surface area (Å²) >= 11 is 12.1. The predicted octanol–water partition coefficient (Wildman–Crippen LogP) is 4.97. The second-order valence-electron chi connectivity index (χ2n) is 3.83. The van der Waals surface area contributed by atoms with Crippen molar-refractivity contribution >= 4 is 34.3 Å². The maximum atomic E-state index is 6.06. The molecule has 1 aromatic rings. The maximum Gasteiger partial charge on any atom is 0.0557 e. The molecule has 0 aromatic heterocycles. The van der Waals surface area contributed by atoms with Gasteiger partial charge in [0.25, 0.3) is 0 Å². The molecule has 0 fully saturated rings. The zero-order chi connectivity index (χ0) is 12.3. The van der Waals surface area contributed by atoms with Gasteiger partial charge in [0.1, 0.15) is 0 Å². The minimum atomic E-state index is -0.0976. The Hall–Kier alpha value is -0.720. The van der Waals surface area contributed by atoms with Gasteiger partial charge in [-0.05, 0) is 36.1 Å². The van der Waals surface area contributed by atoms with Gasteiger partial charge in [-0.3, -0.25) is 0 Å². The summed E-state index contributed by atoms with van der Waals surface area (Å²) in [6, 6.07) is 7.94. The fraction of sp³-hybridized carbons (Fsp3) is 0.286. The van der Waals surface area contributed by atoms with E-state index in [2.05, 4.69) is 13.2 Å². The minimum absolute atomic E-state index is 0.0976. The van der Waals surface area contributed by atoms with Crippen LogP contribution >= 0.6 is 23.2 Å². The Labute approximate surface area is 108 Å². The topological polar surface area (TPSA) is 0 Å². The second kappa shape index (κ2) is 5.56. The van der Waals surface area contributed by atoms with Gasteiger partial charge in [0.05, 0.1) is 10.8 Å². The normalized spacial score (nSPS) is 14.2. The number of allylic oxidation sites excluding steroid dienone is 2. The van der Waals surface area contributed by atoms with Crippen LogP contribution < -0.4 is 0 Å². The van der Waals surface area contributed by atoms with Crippen molar-refractivity contribution < 1.29 is 0 Å². The van der Waals surface area contributed by atoms with Crippen LogP contribution in [0.25, 0.3) is 11.1 Å². The molecule has 1 rings (SSSR count). The SMILES string of the molecule is C=C(c1ccccc1C(=C)C(C)Cl)C(C)Cl. The van der Waals surface area contributed by atoms with Crippen LogP contribution in [0, 0.1) is 0 Å². The maximum absolute atomic E-state index is 6.06. The molecule has 2 atom stereocenters. The van der Waals surface area contributed by atoms with E-state index in [0.29, 0.717) is 0 Å². The molecule has 0 saturated carbocycles. The van der Waals surface area contributed by atoms with E-state index in [-0.39, 0.29) is 10.8 Å². The Morgan fingerprint density at radius 1 is 0.938 bits per heavy atom. The molecular formula is C14H16Cl2. The lowest BCUT2D eigenvalue weighted by molar-refractivity contribution is 1.22. The van der Waals surface area contributed by atoms with Crippen molar-refractivity contribution in [2.75, 3.05) is 0 Å². The monoisotopic (exact) mass is 254 g/mol. The van der Waals surface area contributed by atoms with E-state index in [0.717, 1.165) is 22.3 Å². The van der Waals surface area contributed by atoms with Crippen molar-refractivity contribution in [1.29, 1.82) is 0 Å². The van der Waals surface area contributed by atoms with E-state index in [9.17, 15) is 0 Å². The number of rotatable bonds is 4. The summed E-state index contributed by atoms with van der Waals surface area (Å²) in [6.07, 6.45) is 0. The number of hydrogen-bond acceptors (Lipinski definition) is 0. The summed E-state index contributed by atoms with van der Waals surface area (Å²) < 4.78 is 0. The zero-order valence-corrected chi connectivity index (χ0v) is 11.1. The third-order valence-electron chi connectivity index (χ3n) is 2.58. The molecular weight excluding hydrogens is 239 g/mol. The molecule has 0 spiro atoms. The van der Waals surface area contributed by atoms with Crippen molar-refractivity contribution in [1.82, 2.24) is 0 Å². The van der Waals surface area contributed by atoms with Gasteiger partial charge >= 0.3 is 0 Å². The highest BCUT2D eigenvalue weighted by molar-refractivity contribution is 6.27. The first kappa shape index (κ1) is 13.3. The summed E-state index contributed by atoms with van der Waals surface area (Å²) in [7, 11) is 0. The average Bonchev–Trinajstić information content (AvgIpc) is 2.26. The van der Waals surface area contributed by atoms with Crippen molar-refractivity contribution in [2.45, 2.75) is 24.6 Å². The highest BCUT2D eigenvalue weighted by atomic mass is 35.5. The molecule has 0 radical (unpaired) electrons. The van der Waals surface area contributed by atoms with Crippen molar-refractivity contribution in [3.05, 3.63) is 48.6 Å². The Bertz CT molecular complexity index is 364. The van der Waals surface area contributed by atoms with Gasteiger partial charge < -0.3 is 0 Å². The first-order valence-corrected chi connectivity index (χ1v) is 6.08. The Balaban J connectivity index is 3.20. The third-order valence-corrected chi connectivity index (χ3v) is 3.11. The molecule has 0 saturated heterocycles. The van der Waals surface area contributed by atoms with Crippen LogP contribution in [-0.4, -0.2) is 10.8 Å². The lowest BCUT2D eigenvalue weighted by Gasteiger charge is -2.16. The molecule has 0 aliphatic heterocycles. The van der Waals surface area contributed by atoms with E-state index >= 15 is 0 Å². The molecule has 0 aliphatic carbocycles. The molecule has 16 heavy (non-hydrogen) atoms. The van der Waals surface area contributed by atoms with Gasteiger partial charge in [-0.2, -0.15) is 0 Å². The van der Waals surface area contributed by atoms with E-state index < -0.39 is 0 Å². The third kappa shape index (κ3) is 2.90. The summed E-state index contributed by atoms with van der Waals surface area (Å²) in [5.41, 5.74) is 3.86. The molecule has 0 aliphatic rings. The molecule has 2 heteroatoms. The van der Waals surface area contributed by atoms with Crippen LogP contribution in [0.3, 0.4) is 0 Å². The Morgan fingerprint density at radius 2 is 1.25 bits per heavy atom. The average molecular weight is 255 g/mol. The summed E-state index contributed by atoms with van der Waals surface area (Å²) in [5.74, 6) is 0. The summed E-state index contributed by atoms with van der Waals surface area (Å²) in [6.45, 7) is 11.8. The summed E-state index contributed by atoms with van der Waals surface area (Å²) in [5, 5.41) is -0.195. The van der Waals surface area contributed by atoms with Crippen molar-refractivity contribution in [3.63, 3.8) is 0 Å². The van der Waals surface area contributed by atoms with Gasteiger partial charge in [-0.1, -0.05) is 37.4 Å². The lowest BCUT2D eigenvalue weighted by atomic mass is 9.93. The molecule has 1 aromatic carbocycles. The molecule has 0 amide bonds. The van der Waals surface area contributed by atoms with E-state index in [1.54, 1.807) is 0 Å². The molecule has 0 bridgehead atoms. The molecule has 86 valence electrons. The number of hydrogen-bond donors (Lipinski definition) is 0. The minimum Gasteiger partial charge on any atom is -0.118 e. The van der Waals surface area contributed by atoms with E-state index in [1.807, 2.05) is 38.1 Å². The van der Waals surface area contributed by atoms with Gasteiger partial charge in [0, 0.05) is 0 Å². The largest absolute Gasteiger partial charge is 0.118 e. The summed E-state index contributed by atoms with van der Waals surface area (Å²) in [4.78, 5) is 0. The highest BCUT2D eigenvalue weighted by Gasteiger charge is 2.14. The van der Waals surface area contributed by atoms with Gasteiger partial charge in [0.2, 0.25) is 0 Å². The van der Waals surface area contributed by atoms with Gasteiger partial charge in [-0.25, -0.2) is 0 Å². The van der Waals surface area contributed by atoms with Gasteiger partial charge in [-0.15, -0.1) is 23.2 Å². The number of halogens is 2. The highest BCUT2D eigenvalue weighted by Crippen LogP contribution is 2.30. The Morgan fingerprint density at radius 3 is 1.50 bits per heavy atom. The fourth-order valence-corrected chi connectivity index (χ4v) is 1.71. The van der Waals surface area contributed by atoms with Crippen LogP contribution in [0.4, 0.5) is 0 Å². The first-order valence-electron chi connectivity index (χ1n) is 5.20. The lowest BCUT2D eigenvalue weighted by Crippen LogP contribution is -2.02. The Kier molecular flexibility index (Phi) is 4.64. The zero-order valence-electron chi connectivity index (χ0n) is 9.63.